The molecule has 1 N–H and O–H groups in total. The smallest absolute Gasteiger partial charge is 0.335 e. The van der Waals surface area contributed by atoms with Crippen LogP contribution in [0.5, 0.6) is 11.5 Å². The van der Waals surface area contributed by atoms with Gasteiger partial charge in [-0.3, -0.25) is 14.9 Å². The molecular formula is C31H20BrCl3N2O5. The number of carbonyl (C=O) groups is 3. The van der Waals surface area contributed by atoms with Gasteiger partial charge in [-0.25, -0.2) is 9.69 Å². The summed E-state index contributed by atoms with van der Waals surface area (Å²) in [6.07, 6.45) is 1.41. The number of barbiturate groups is 1. The minimum Gasteiger partial charge on any atom is -0.489 e. The van der Waals surface area contributed by atoms with E-state index in [1.807, 2.05) is 12.1 Å². The van der Waals surface area contributed by atoms with Gasteiger partial charge in [0, 0.05) is 20.6 Å². The second-order valence-corrected chi connectivity index (χ2v) is 11.2. The Morgan fingerprint density at radius 1 is 0.786 bits per heavy atom. The molecule has 0 spiro atoms. The highest BCUT2D eigenvalue weighted by atomic mass is 79.9. The highest BCUT2D eigenvalue weighted by molar-refractivity contribution is 9.10. The molecule has 4 aromatic rings. The number of anilines is 1. The Morgan fingerprint density at radius 2 is 1.50 bits per heavy atom. The summed E-state index contributed by atoms with van der Waals surface area (Å²) in [6, 6.07) is 23.0. The number of hydrogen-bond acceptors (Lipinski definition) is 5. The van der Waals surface area contributed by atoms with E-state index in [0.29, 0.717) is 43.2 Å². The van der Waals surface area contributed by atoms with Gasteiger partial charge in [-0.2, -0.15) is 0 Å². The van der Waals surface area contributed by atoms with Crippen LogP contribution >= 0.6 is 50.7 Å². The average Bonchev–Trinajstić information content (AvgIpc) is 2.96. The molecule has 42 heavy (non-hydrogen) atoms. The lowest BCUT2D eigenvalue weighted by Crippen LogP contribution is -2.54. The number of nitrogens with zero attached hydrogens (tertiary/aromatic N) is 1. The van der Waals surface area contributed by atoms with Gasteiger partial charge in [0.05, 0.1) is 10.2 Å². The fourth-order valence-corrected chi connectivity index (χ4v) is 5.12. The van der Waals surface area contributed by atoms with Gasteiger partial charge in [0.1, 0.15) is 30.3 Å². The van der Waals surface area contributed by atoms with Crippen molar-refractivity contribution in [2.45, 2.75) is 13.2 Å². The first-order valence-electron chi connectivity index (χ1n) is 12.4. The Labute approximate surface area is 264 Å². The van der Waals surface area contributed by atoms with E-state index in [0.717, 1.165) is 16.0 Å². The van der Waals surface area contributed by atoms with Crippen LogP contribution < -0.4 is 19.7 Å². The average molecular weight is 687 g/mol. The van der Waals surface area contributed by atoms with Crippen LogP contribution in [0.2, 0.25) is 15.1 Å². The van der Waals surface area contributed by atoms with Crippen LogP contribution in [0.25, 0.3) is 6.08 Å². The van der Waals surface area contributed by atoms with Crippen molar-refractivity contribution >= 4 is 80.3 Å². The Bertz CT molecular complexity index is 1710. The van der Waals surface area contributed by atoms with Crippen LogP contribution in [-0.4, -0.2) is 17.8 Å². The maximum atomic E-state index is 13.3. The third-order valence-corrected chi connectivity index (χ3v) is 7.64. The summed E-state index contributed by atoms with van der Waals surface area (Å²) in [4.78, 5) is 39.5. The molecule has 7 nitrogen and oxygen atoms in total. The second-order valence-electron chi connectivity index (χ2n) is 9.08. The predicted octanol–water partition coefficient (Wildman–Crippen LogP) is 8.23. The molecule has 11 heteroatoms. The van der Waals surface area contributed by atoms with Crippen molar-refractivity contribution in [3.05, 3.63) is 127 Å². The quantitative estimate of drug-likeness (QED) is 0.149. The van der Waals surface area contributed by atoms with Crippen molar-refractivity contribution in [2.75, 3.05) is 4.90 Å². The molecule has 1 fully saturated rings. The van der Waals surface area contributed by atoms with Crippen molar-refractivity contribution in [3.8, 4) is 11.5 Å². The van der Waals surface area contributed by atoms with Crippen LogP contribution in [0.1, 0.15) is 16.7 Å². The number of hydrogen-bond donors (Lipinski definition) is 1. The first-order chi connectivity index (χ1) is 20.2. The van der Waals surface area contributed by atoms with Gasteiger partial charge < -0.3 is 9.47 Å². The van der Waals surface area contributed by atoms with Crippen LogP contribution in [0.3, 0.4) is 0 Å². The Hall–Kier alpha value is -3.82. The lowest BCUT2D eigenvalue weighted by atomic mass is 10.1. The van der Waals surface area contributed by atoms with Gasteiger partial charge in [-0.1, -0.05) is 59.1 Å². The van der Waals surface area contributed by atoms with Crippen LogP contribution in [0.4, 0.5) is 10.5 Å². The summed E-state index contributed by atoms with van der Waals surface area (Å²) < 4.78 is 12.2. The van der Waals surface area contributed by atoms with E-state index in [1.165, 1.54) is 6.08 Å². The maximum absolute atomic E-state index is 13.3. The van der Waals surface area contributed by atoms with E-state index in [9.17, 15) is 14.4 Å². The van der Waals surface area contributed by atoms with Gasteiger partial charge in [-0.15, -0.1) is 0 Å². The van der Waals surface area contributed by atoms with E-state index in [-0.39, 0.29) is 17.9 Å². The molecule has 1 saturated heterocycles. The summed E-state index contributed by atoms with van der Waals surface area (Å²) in [5, 5.41) is 3.88. The molecule has 0 aromatic heterocycles. The van der Waals surface area contributed by atoms with Crippen LogP contribution in [0.15, 0.2) is 95.0 Å². The van der Waals surface area contributed by atoms with Gasteiger partial charge in [-0.05, 0) is 93.8 Å². The van der Waals surface area contributed by atoms with Gasteiger partial charge in [0.15, 0.2) is 0 Å². The third-order valence-electron chi connectivity index (χ3n) is 6.18. The third kappa shape index (κ3) is 6.97. The molecule has 0 aliphatic carbocycles. The number of ether oxygens (including phenoxy) is 2. The van der Waals surface area contributed by atoms with E-state index in [2.05, 4.69) is 21.2 Å². The first kappa shape index (κ1) is 29.7. The topological polar surface area (TPSA) is 84.9 Å². The van der Waals surface area contributed by atoms with Gasteiger partial charge in [0.25, 0.3) is 11.8 Å². The minimum atomic E-state index is -0.845. The second kappa shape index (κ2) is 13.0. The summed E-state index contributed by atoms with van der Waals surface area (Å²) in [7, 11) is 0. The van der Waals surface area contributed by atoms with E-state index in [4.69, 9.17) is 44.3 Å². The summed E-state index contributed by atoms with van der Waals surface area (Å²) in [5.74, 6) is -0.487. The summed E-state index contributed by atoms with van der Waals surface area (Å²) in [5.41, 5.74) is 2.30. The molecule has 1 heterocycles. The zero-order valence-electron chi connectivity index (χ0n) is 21.6. The van der Waals surface area contributed by atoms with Crippen molar-refractivity contribution in [1.82, 2.24) is 5.32 Å². The molecular weight excluding hydrogens is 667 g/mol. The molecule has 0 radical (unpaired) electrons. The summed E-state index contributed by atoms with van der Waals surface area (Å²) in [6.45, 7) is 0.521. The normalized spacial score (nSPS) is 14.2. The molecule has 0 bridgehead atoms. The van der Waals surface area contributed by atoms with Crippen molar-refractivity contribution < 1.29 is 23.9 Å². The standard InChI is InChI=1S/C31H20BrCl3N2O5/c32-26-14-19(3-12-28(26)42-17-20-4-7-22(34)15-27(20)35)13-25-29(38)36-31(40)37(30(25)39)23-8-10-24(11-9-23)41-16-18-1-5-21(33)6-2-18/h1-15H,16-17H2,(H,36,38,40)/b25-13+. The lowest BCUT2D eigenvalue weighted by molar-refractivity contribution is -0.122. The Kier molecular flexibility index (Phi) is 9.18. The first-order valence-corrected chi connectivity index (χ1v) is 14.4. The molecule has 4 amide bonds. The number of urea groups is 1. The number of imide groups is 2. The fraction of sp³-hybridized carbons (Fsp3) is 0.0645. The maximum Gasteiger partial charge on any atom is 0.335 e. The van der Waals surface area contributed by atoms with Gasteiger partial charge >= 0.3 is 6.03 Å². The number of nitrogens with one attached hydrogen (secondary N) is 1. The predicted molar refractivity (Wildman–Crippen MR) is 166 cm³/mol. The van der Waals surface area contributed by atoms with E-state index < -0.39 is 17.8 Å². The number of rotatable bonds is 8. The summed E-state index contributed by atoms with van der Waals surface area (Å²) >= 11 is 21.6. The molecule has 1 aliphatic rings. The van der Waals surface area contributed by atoms with Gasteiger partial charge in [0.2, 0.25) is 0 Å². The van der Waals surface area contributed by atoms with Crippen LogP contribution in [0, 0.1) is 0 Å². The zero-order chi connectivity index (χ0) is 29.8. The van der Waals surface area contributed by atoms with Crippen molar-refractivity contribution in [1.29, 1.82) is 0 Å². The Balaban J connectivity index is 1.29. The molecule has 0 atom stereocenters. The highest BCUT2D eigenvalue weighted by Gasteiger charge is 2.36. The molecule has 212 valence electrons. The fourth-order valence-electron chi connectivity index (χ4n) is 4.02. The highest BCUT2D eigenvalue weighted by Crippen LogP contribution is 2.30. The SMILES string of the molecule is O=C1NC(=O)N(c2ccc(OCc3ccc(Cl)cc3)cc2)C(=O)/C1=C/c1ccc(OCc2ccc(Cl)cc2Cl)c(Br)c1. The monoisotopic (exact) mass is 684 g/mol. The lowest BCUT2D eigenvalue weighted by Gasteiger charge is -2.26. The number of halogens is 4. The van der Waals surface area contributed by atoms with Crippen molar-refractivity contribution in [3.63, 3.8) is 0 Å². The largest absolute Gasteiger partial charge is 0.489 e. The molecule has 0 saturated carbocycles. The van der Waals surface area contributed by atoms with Crippen LogP contribution in [-0.2, 0) is 22.8 Å². The number of carbonyl (C=O) groups excluding carboxylic acids is 3. The Morgan fingerprint density at radius 3 is 2.19 bits per heavy atom. The van der Waals surface area contributed by atoms with E-state index >= 15 is 0 Å². The minimum absolute atomic E-state index is 0.203. The zero-order valence-corrected chi connectivity index (χ0v) is 25.4. The van der Waals surface area contributed by atoms with Crippen molar-refractivity contribution in [2.24, 2.45) is 0 Å². The molecule has 0 unspecified atom stereocenters. The molecule has 5 rings (SSSR count). The van der Waals surface area contributed by atoms with E-state index in [1.54, 1.807) is 72.8 Å². The number of amides is 4. The molecule has 1 aliphatic heterocycles. The number of benzene rings is 4. The molecule has 4 aromatic carbocycles.